The molecule has 21 heavy (non-hydrogen) atoms. The first kappa shape index (κ1) is 15.1. The molecule has 2 rings (SSSR count). The van der Waals surface area contributed by atoms with Gasteiger partial charge in [-0.3, -0.25) is 14.9 Å². The van der Waals surface area contributed by atoms with Gasteiger partial charge >= 0.3 is 0 Å². The van der Waals surface area contributed by atoms with Gasteiger partial charge in [-0.25, -0.2) is 8.78 Å². The predicted octanol–water partition coefficient (Wildman–Crippen LogP) is 2.41. The quantitative estimate of drug-likeness (QED) is 0.889. The highest BCUT2D eigenvalue weighted by molar-refractivity contribution is 5.92. The Kier molecular flexibility index (Phi) is 4.62. The fourth-order valence-electron chi connectivity index (χ4n) is 1.94. The number of carbonyl (C=O) groups excluding carboxylic acids is 1. The highest BCUT2D eigenvalue weighted by Gasteiger charge is 2.17. The maximum atomic E-state index is 12.4. The first-order chi connectivity index (χ1) is 9.97. The standard InChI is InChI=1S/C14H16F2N4O/c1-8-4-3-5-17-10(8)6-9(2)18-14(21)12-7-11(13(15)16)19-20-12/h3-5,7,9,13H,6H2,1-2H3,(H,18,21)(H,19,20)/t9-/m1/s1. The Morgan fingerprint density at radius 3 is 2.86 bits per heavy atom. The third kappa shape index (κ3) is 3.84. The van der Waals surface area contributed by atoms with Gasteiger partial charge in [0.15, 0.2) is 0 Å². The molecular weight excluding hydrogens is 278 g/mol. The number of halogens is 2. The van der Waals surface area contributed by atoms with Crippen LogP contribution in [0.25, 0.3) is 0 Å². The number of amides is 1. The maximum Gasteiger partial charge on any atom is 0.279 e. The summed E-state index contributed by atoms with van der Waals surface area (Å²) in [5, 5.41) is 8.45. The second-order valence-electron chi connectivity index (χ2n) is 4.85. The van der Waals surface area contributed by atoms with E-state index in [0.717, 1.165) is 17.3 Å². The Bertz CT molecular complexity index is 627. The third-order valence-electron chi connectivity index (χ3n) is 3.06. The molecule has 0 fully saturated rings. The van der Waals surface area contributed by atoms with E-state index in [0.29, 0.717) is 6.42 Å². The van der Waals surface area contributed by atoms with E-state index >= 15 is 0 Å². The molecule has 112 valence electrons. The van der Waals surface area contributed by atoms with Crippen molar-refractivity contribution in [3.63, 3.8) is 0 Å². The van der Waals surface area contributed by atoms with Crippen molar-refractivity contribution in [2.45, 2.75) is 32.7 Å². The zero-order chi connectivity index (χ0) is 15.4. The van der Waals surface area contributed by atoms with Gasteiger partial charge in [-0.1, -0.05) is 6.07 Å². The minimum atomic E-state index is -2.67. The van der Waals surface area contributed by atoms with Crippen molar-refractivity contribution in [2.75, 3.05) is 0 Å². The molecule has 0 aliphatic rings. The van der Waals surface area contributed by atoms with Crippen LogP contribution in [0, 0.1) is 6.92 Å². The number of H-pyrrole nitrogens is 1. The van der Waals surface area contributed by atoms with Crippen molar-refractivity contribution >= 4 is 5.91 Å². The Morgan fingerprint density at radius 1 is 1.48 bits per heavy atom. The van der Waals surface area contributed by atoms with Crippen LogP contribution in [0.3, 0.4) is 0 Å². The van der Waals surface area contributed by atoms with Crippen LogP contribution in [-0.2, 0) is 6.42 Å². The second-order valence-corrected chi connectivity index (χ2v) is 4.85. The van der Waals surface area contributed by atoms with E-state index in [1.165, 1.54) is 0 Å². The van der Waals surface area contributed by atoms with E-state index in [-0.39, 0.29) is 17.4 Å². The zero-order valence-electron chi connectivity index (χ0n) is 11.7. The summed E-state index contributed by atoms with van der Waals surface area (Å²) in [4.78, 5) is 16.2. The molecule has 2 N–H and O–H groups in total. The summed E-state index contributed by atoms with van der Waals surface area (Å²) in [6.45, 7) is 3.77. The summed E-state index contributed by atoms with van der Waals surface area (Å²) in [7, 11) is 0. The Labute approximate surface area is 120 Å². The highest BCUT2D eigenvalue weighted by atomic mass is 19.3. The minimum absolute atomic E-state index is 0.0464. The lowest BCUT2D eigenvalue weighted by atomic mass is 10.1. The molecule has 0 bridgehead atoms. The average molecular weight is 294 g/mol. The number of carbonyl (C=O) groups is 1. The molecule has 0 saturated heterocycles. The number of pyridine rings is 1. The molecular formula is C14H16F2N4O. The van der Waals surface area contributed by atoms with Crippen LogP contribution in [-0.4, -0.2) is 27.1 Å². The number of alkyl halides is 2. The number of aryl methyl sites for hydroxylation is 1. The Balaban J connectivity index is 1.97. The van der Waals surface area contributed by atoms with Gasteiger partial charge in [0, 0.05) is 24.4 Å². The Morgan fingerprint density at radius 2 is 2.24 bits per heavy atom. The minimum Gasteiger partial charge on any atom is -0.348 e. The van der Waals surface area contributed by atoms with Gasteiger partial charge in [0.25, 0.3) is 12.3 Å². The van der Waals surface area contributed by atoms with E-state index in [4.69, 9.17) is 0 Å². The molecule has 7 heteroatoms. The molecule has 2 aromatic rings. The number of aromatic nitrogens is 3. The second kappa shape index (κ2) is 6.43. The first-order valence-corrected chi connectivity index (χ1v) is 6.52. The number of hydrogen-bond acceptors (Lipinski definition) is 3. The van der Waals surface area contributed by atoms with E-state index in [1.54, 1.807) is 6.20 Å². The smallest absolute Gasteiger partial charge is 0.279 e. The normalized spacial score (nSPS) is 12.4. The lowest BCUT2D eigenvalue weighted by molar-refractivity contribution is 0.0935. The monoisotopic (exact) mass is 294 g/mol. The van der Waals surface area contributed by atoms with Crippen molar-refractivity contribution in [2.24, 2.45) is 0 Å². The fraction of sp³-hybridized carbons (Fsp3) is 0.357. The van der Waals surface area contributed by atoms with Crippen LogP contribution in [0.1, 0.15) is 40.8 Å². The molecule has 2 heterocycles. The van der Waals surface area contributed by atoms with Crippen LogP contribution >= 0.6 is 0 Å². The Hall–Kier alpha value is -2.31. The average Bonchev–Trinajstić information content (AvgIpc) is 2.91. The molecule has 0 aromatic carbocycles. The number of nitrogens with zero attached hydrogens (tertiary/aromatic N) is 2. The topological polar surface area (TPSA) is 70.7 Å². The van der Waals surface area contributed by atoms with Gasteiger partial charge in [0.2, 0.25) is 0 Å². The fourth-order valence-corrected chi connectivity index (χ4v) is 1.94. The lowest BCUT2D eigenvalue weighted by Crippen LogP contribution is -2.34. The van der Waals surface area contributed by atoms with Gasteiger partial charge in [-0.15, -0.1) is 0 Å². The molecule has 5 nitrogen and oxygen atoms in total. The van der Waals surface area contributed by atoms with Crippen LogP contribution < -0.4 is 5.32 Å². The summed E-state index contributed by atoms with van der Waals surface area (Å²) in [5.41, 5.74) is 1.52. The van der Waals surface area contributed by atoms with E-state index < -0.39 is 12.3 Å². The van der Waals surface area contributed by atoms with Crippen molar-refractivity contribution in [3.05, 3.63) is 47.0 Å². The molecule has 0 spiro atoms. The van der Waals surface area contributed by atoms with Gasteiger partial charge in [-0.05, 0) is 31.5 Å². The van der Waals surface area contributed by atoms with Crippen molar-refractivity contribution in [3.8, 4) is 0 Å². The van der Waals surface area contributed by atoms with Crippen LogP contribution in [0.4, 0.5) is 8.78 Å². The maximum absolute atomic E-state index is 12.4. The van der Waals surface area contributed by atoms with E-state index in [1.807, 2.05) is 26.0 Å². The van der Waals surface area contributed by atoms with E-state index in [9.17, 15) is 13.6 Å². The van der Waals surface area contributed by atoms with Crippen molar-refractivity contribution < 1.29 is 13.6 Å². The predicted molar refractivity (Wildman–Crippen MR) is 73.2 cm³/mol. The highest BCUT2D eigenvalue weighted by Crippen LogP contribution is 2.16. The van der Waals surface area contributed by atoms with Gasteiger partial charge in [0.05, 0.1) is 0 Å². The van der Waals surface area contributed by atoms with Gasteiger partial charge < -0.3 is 5.32 Å². The largest absolute Gasteiger partial charge is 0.348 e. The molecule has 1 amide bonds. The molecule has 0 aliphatic carbocycles. The number of hydrogen-bond donors (Lipinski definition) is 2. The lowest BCUT2D eigenvalue weighted by Gasteiger charge is -2.13. The molecule has 0 aliphatic heterocycles. The number of rotatable bonds is 5. The SMILES string of the molecule is Cc1cccnc1C[C@@H](C)NC(=O)c1cc(C(F)F)[nH]n1. The first-order valence-electron chi connectivity index (χ1n) is 6.52. The van der Waals surface area contributed by atoms with Crippen LogP contribution in [0.2, 0.25) is 0 Å². The summed E-state index contributed by atoms with van der Waals surface area (Å²) in [5.74, 6) is -0.487. The molecule has 0 radical (unpaired) electrons. The summed E-state index contributed by atoms with van der Waals surface area (Å²) in [6.07, 6.45) is -0.419. The van der Waals surface area contributed by atoms with Crippen LogP contribution in [0.5, 0.6) is 0 Å². The molecule has 0 saturated carbocycles. The number of nitrogens with one attached hydrogen (secondary N) is 2. The third-order valence-corrected chi connectivity index (χ3v) is 3.06. The van der Waals surface area contributed by atoms with Crippen molar-refractivity contribution in [1.29, 1.82) is 0 Å². The summed E-state index contributed by atoms with van der Waals surface area (Å²) >= 11 is 0. The number of aromatic amines is 1. The molecule has 0 unspecified atom stereocenters. The summed E-state index contributed by atoms with van der Waals surface area (Å²) in [6, 6.07) is 4.66. The molecule has 2 aromatic heterocycles. The van der Waals surface area contributed by atoms with E-state index in [2.05, 4.69) is 20.5 Å². The summed E-state index contributed by atoms with van der Waals surface area (Å²) < 4.78 is 24.9. The van der Waals surface area contributed by atoms with Gasteiger partial charge in [-0.2, -0.15) is 5.10 Å². The van der Waals surface area contributed by atoms with Crippen LogP contribution in [0.15, 0.2) is 24.4 Å². The zero-order valence-corrected chi connectivity index (χ0v) is 11.7. The molecule has 1 atom stereocenters. The van der Waals surface area contributed by atoms with Crippen molar-refractivity contribution in [1.82, 2.24) is 20.5 Å². The van der Waals surface area contributed by atoms with Gasteiger partial charge in [0.1, 0.15) is 11.4 Å².